The SMILES string of the molecule is O=C(NC1CCN(Cc2ccccn2)CC1)c1ccccc1Br. The molecule has 0 atom stereocenters. The second-order valence-corrected chi connectivity index (χ2v) is 6.68. The zero-order valence-corrected chi connectivity index (χ0v) is 14.5. The van der Waals surface area contributed by atoms with Gasteiger partial charge in [0.25, 0.3) is 5.91 Å². The summed E-state index contributed by atoms with van der Waals surface area (Å²) in [5.74, 6) is 0.000603. The van der Waals surface area contributed by atoms with E-state index < -0.39 is 0 Å². The Morgan fingerprint density at radius 2 is 1.91 bits per heavy atom. The number of pyridine rings is 1. The smallest absolute Gasteiger partial charge is 0.252 e. The summed E-state index contributed by atoms with van der Waals surface area (Å²) < 4.78 is 0.838. The number of hydrogen-bond donors (Lipinski definition) is 1. The molecule has 1 aliphatic heterocycles. The van der Waals surface area contributed by atoms with E-state index in [4.69, 9.17) is 0 Å². The molecule has 1 amide bonds. The molecule has 120 valence electrons. The van der Waals surface area contributed by atoms with E-state index in [1.165, 1.54) is 0 Å². The Morgan fingerprint density at radius 3 is 2.61 bits per heavy atom. The highest BCUT2D eigenvalue weighted by molar-refractivity contribution is 9.10. The van der Waals surface area contributed by atoms with Gasteiger partial charge in [-0.1, -0.05) is 18.2 Å². The Morgan fingerprint density at radius 1 is 1.17 bits per heavy atom. The summed E-state index contributed by atoms with van der Waals surface area (Å²) in [6.45, 7) is 2.85. The monoisotopic (exact) mass is 373 g/mol. The van der Waals surface area contributed by atoms with Crippen molar-refractivity contribution in [2.75, 3.05) is 13.1 Å². The number of hydrogen-bond acceptors (Lipinski definition) is 3. The number of halogens is 1. The van der Waals surface area contributed by atoms with Crippen LogP contribution in [0.2, 0.25) is 0 Å². The molecule has 1 fully saturated rings. The molecule has 0 aliphatic carbocycles. The van der Waals surface area contributed by atoms with Gasteiger partial charge < -0.3 is 5.32 Å². The van der Waals surface area contributed by atoms with Crippen molar-refractivity contribution in [2.24, 2.45) is 0 Å². The number of amides is 1. The van der Waals surface area contributed by atoms with Gasteiger partial charge in [0.15, 0.2) is 0 Å². The molecule has 0 radical (unpaired) electrons. The van der Waals surface area contributed by atoms with E-state index in [9.17, 15) is 4.79 Å². The Bertz CT molecular complexity index is 654. The Balaban J connectivity index is 1.49. The second-order valence-electron chi connectivity index (χ2n) is 5.82. The van der Waals surface area contributed by atoms with Crippen molar-refractivity contribution >= 4 is 21.8 Å². The van der Waals surface area contributed by atoms with Crippen LogP contribution in [0.1, 0.15) is 28.9 Å². The van der Waals surface area contributed by atoms with Gasteiger partial charge in [-0.3, -0.25) is 14.7 Å². The van der Waals surface area contributed by atoms with E-state index in [0.717, 1.165) is 42.6 Å². The van der Waals surface area contributed by atoms with Crippen molar-refractivity contribution in [2.45, 2.75) is 25.4 Å². The molecule has 2 heterocycles. The highest BCUT2D eigenvalue weighted by Crippen LogP contribution is 2.18. The van der Waals surface area contributed by atoms with Crippen LogP contribution in [0.4, 0.5) is 0 Å². The maximum absolute atomic E-state index is 12.3. The van der Waals surface area contributed by atoms with E-state index >= 15 is 0 Å². The third-order valence-electron chi connectivity index (χ3n) is 4.15. The van der Waals surface area contributed by atoms with Crippen molar-refractivity contribution in [3.8, 4) is 0 Å². The molecule has 3 rings (SSSR count). The lowest BCUT2D eigenvalue weighted by Gasteiger charge is -2.32. The molecule has 0 saturated carbocycles. The Hall–Kier alpha value is -1.72. The summed E-state index contributed by atoms with van der Waals surface area (Å²) in [5, 5.41) is 3.15. The molecule has 1 aromatic carbocycles. The minimum Gasteiger partial charge on any atom is -0.349 e. The number of carbonyl (C=O) groups is 1. The molecule has 2 aromatic rings. The van der Waals surface area contributed by atoms with Crippen LogP contribution in [0.3, 0.4) is 0 Å². The predicted molar refractivity (Wildman–Crippen MR) is 94.1 cm³/mol. The van der Waals surface area contributed by atoms with Crippen LogP contribution in [0, 0.1) is 0 Å². The van der Waals surface area contributed by atoms with Crippen LogP contribution in [-0.4, -0.2) is 34.9 Å². The molecule has 0 unspecified atom stereocenters. The summed E-state index contributed by atoms with van der Waals surface area (Å²) >= 11 is 3.43. The minimum atomic E-state index is 0.000603. The van der Waals surface area contributed by atoms with Gasteiger partial charge in [0, 0.05) is 36.3 Å². The number of rotatable bonds is 4. The molecule has 23 heavy (non-hydrogen) atoms. The molecule has 4 nitrogen and oxygen atoms in total. The lowest BCUT2D eigenvalue weighted by Crippen LogP contribution is -2.44. The van der Waals surface area contributed by atoms with Crippen molar-refractivity contribution in [3.63, 3.8) is 0 Å². The number of carbonyl (C=O) groups excluding carboxylic acids is 1. The zero-order chi connectivity index (χ0) is 16.1. The van der Waals surface area contributed by atoms with Gasteiger partial charge in [0.1, 0.15) is 0 Å². The fourth-order valence-corrected chi connectivity index (χ4v) is 3.33. The molecule has 0 bridgehead atoms. The highest BCUT2D eigenvalue weighted by Gasteiger charge is 2.22. The zero-order valence-electron chi connectivity index (χ0n) is 12.9. The van der Waals surface area contributed by atoms with Gasteiger partial charge in [-0.15, -0.1) is 0 Å². The van der Waals surface area contributed by atoms with Crippen LogP contribution in [0.5, 0.6) is 0 Å². The maximum atomic E-state index is 12.3. The molecule has 1 saturated heterocycles. The molecular weight excluding hydrogens is 354 g/mol. The predicted octanol–water partition coefficient (Wildman–Crippen LogP) is 3.24. The van der Waals surface area contributed by atoms with E-state index in [2.05, 4.69) is 37.2 Å². The molecule has 0 spiro atoms. The van der Waals surface area contributed by atoms with Crippen LogP contribution < -0.4 is 5.32 Å². The van der Waals surface area contributed by atoms with Gasteiger partial charge in [-0.2, -0.15) is 0 Å². The Labute approximate surface area is 145 Å². The van der Waals surface area contributed by atoms with Crippen molar-refractivity contribution in [1.82, 2.24) is 15.2 Å². The van der Waals surface area contributed by atoms with Gasteiger partial charge in [-0.25, -0.2) is 0 Å². The fraction of sp³-hybridized carbons (Fsp3) is 0.333. The largest absolute Gasteiger partial charge is 0.349 e. The first-order chi connectivity index (χ1) is 11.2. The van der Waals surface area contributed by atoms with Crippen molar-refractivity contribution in [3.05, 3.63) is 64.4 Å². The second kappa shape index (κ2) is 7.70. The molecular formula is C18H20BrN3O. The molecule has 1 N–H and O–H groups in total. The third-order valence-corrected chi connectivity index (χ3v) is 4.84. The fourth-order valence-electron chi connectivity index (χ4n) is 2.86. The molecule has 1 aliphatic rings. The van der Waals surface area contributed by atoms with E-state index in [1.54, 1.807) is 0 Å². The first-order valence-electron chi connectivity index (χ1n) is 7.90. The lowest BCUT2D eigenvalue weighted by atomic mass is 10.0. The van der Waals surface area contributed by atoms with Gasteiger partial charge >= 0.3 is 0 Å². The quantitative estimate of drug-likeness (QED) is 0.894. The first kappa shape index (κ1) is 16.1. The number of likely N-dealkylation sites (tertiary alicyclic amines) is 1. The number of piperidine rings is 1. The van der Waals surface area contributed by atoms with E-state index in [1.807, 2.05) is 42.6 Å². The summed E-state index contributed by atoms with van der Waals surface area (Å²) in [6, 6.07) is 13.8. The lowest BCUT2D eigenvalue weighted by molar-refractivity contribution is 0.0907. The first-order valence-corrected chi connectivity index (χ1v) is 8.69. The van der Waals surface area contributed by atoms with Crippen molar-refractivity contribution in [1.29, 1.82) is 0 Å². The minimum absolute atomic E-state index is 0.000603. The normalized spacial score (nSPS) is 16.2. The standard InChI is InChI=1S/C18H20BrN3O/c19-17-7-2-1-6-16(17)18(23)21-14-8-11-22(12-9-14)13-15-5-3-4-10-20-15/h1-7,10,14H,8-9,11-13H2,(H,21,23). The third kappa shape index (κ3) is 4.39. The van der Waals surface area contributed by atoms with E-state index in [-0.39, 0.29) is 11.9 Å². The number of aromatic nitrogens is 1. The summed E-state index contributed by atoms with van der Waals surface area (Å²) in [6.07, 6.45) is 3.78. The molecule has 5 heteroatoms. The van der Waals surface area contributed by atoms with Crippen LogP contribution >= 0.6 is 15.9 Å². The average molecular weight is 374 g/mol. The van der Waals surface area contributed by atoms with Crippen LogP contribution in [-0.2, 0) is 6.54 Å². The van der Waals surface area contributed by atoms with Crippen LogP contribution in [0.25, 0.3) is 0 Å². The summed E-state index contributed by atoms with van der Waals surface area (Å²) in [4.78, 5) is 19.1. The molecule has 1 aromatic heterocycles. The maximum Gasteiger partial charge on any atom is 0.252 e. The summed E-state index contributed by atoms with van der Waals surface area (Å²) in [5.41, 5.74) is 1.80. The van der Waals surface area contributed by atoms with E-state index in [0.29, 0.717) is 5.56 Å². The van der Waals surface area contributed by atoms with Gasteiger partial charge in [-0.05, 0) is 53.0 Å². The number of nitrogens with zero attached hydrogens (tertiary/aromatic N) is 2. The van der Waals surface area contributed by atoms with Gasteiger partial charge in [0.2, 0.25) is 0 Å². The van der Waals surface area contributed by atoms with Gasteiger partial charge in [0.05, 0.1) is 11.3 Å². The highest BCUT2D eigenvalue weighted by atomic mass is 79.9. The summed E-state index contributed by atoms with van der Waals surface area (Å²) in [7, 11) is 0. The number of benzene rings is 1. The topological polar surface area (TPSA) is 45.2 Å². The van der Waals surface area contributed by atoms with Crippen LogP contribution in [0.15, 0.2) is 53.1 Å². The Kier molecular flexibility index (Phi) is 5.41. The van der Waals surface area contributed by atoms with Crippen molar-refractivity contribution < 1.29 is 4.79 Å². The average Bonchev–Trinajstić information content (AvgIpc) is 2.58. The number of nitrogens with one attached hydrogen (secondary N) is 1.